The Morgan fingerprint density at radius 3 is 2.45 bits per heavy atom. The number of alkyl carbamates (subject to hydrolysis) is 1. The number of aliphatic hydroxyl groups is 1. The lowest BCUT2D eigenvalue weighted by molar-refractivity contribution is -0.130. The summed E-state index contributed by atoms with van der Waals surface area (Å²) in [5.41, 5.74) is 0.914. The third kappa shape index (κ3) is 9.38. The van der Waals surface area contributed by atoms with Gasteiger partial charge >= 0.3 is 13.3 Å². The number of nitrogens with zero attached hydrogens (tertiary/aromatic N) is 1. The van der Waals surface area contributed by atoms with E-state index in [1.54, 1.807) is 4.90 Å². The number of β-amino-alcohol motifs (C(OH)–C–C–N with tert-alkyl or cyclic N) is 1. The zero-order chi connectivity index (χ0) is 35.3. The minimum Gasteiger partial charge on any atom is -0.446 e. The fourth-order valence-corrected chi connectivity index (χ4v) is 12.4. The predicted octanol–water partition coefficient (Wildman–Crippen LogP) is 9.19. The molecular formula is C39H68N2O6PS+. The van der Waals surface area contributed by atoms with Crippen molar-refractivity contribution in [3.8, 4) is 0 Å². The molecule has 4 saturated carbocycles. The van der Waals surface area contributed by atoms with Crippen molar-refractivity contribution >= 4 is 31.5 Å². The molecule has 8 nitrogen and oxygen atoms in total. The van der Waals surface area contributed by atoms with Crippen LogP contribution in [0.4, 0.5) is 4.79 Å². The SMILES string of the molecule is CC(C)CCCC(C)[C@H]1CCC2C3CCC4C[C@@H](OC(=O)NCCCCCC(=O)N5CC(O)C(CO[P+](=O)S)C5)CC[C@]4(C)C3CC[C@@]21C. The molecule has 280 valence electrons. The van der Waals surface area contributed by atoms with E-state index >= 15 is 0 Å². The highest BCUT2D eigenvalue weighted by atomic mass is 32.7. The molecule has 12 atom stereocenters. The maximum absolute atomic E-state index is 12.7. The van der Waals surface area contributed by atoms with Gasteiger partial charge in [0.1, 0.15) is 25.0 Å². The van der Waals surface area contributed by atoms with E-state index in [4.69, 9.17) is 9.26 Å². The zero-order valence-corrected chi connectivity index (χ0v) is 33.0. The van der Waals surface area contributed by atoms with Crippen LogP contribution in [0.15, 0.2) is 0 Å². The number of hydrogen-bond acceptors (Lipinski definition) is 6. The maximum atomic E-state index is 12.7. The number of fused-ring (bicyclic) bond motifs is 5. The number of carbonyl (C=O) groups is 2. The molecule has 5 fully saturated rings. The molecule has 1 saturated heterocycles. The molecule has 1 aliphatic heterocycles. The van der Waals surface area contributed by atoms with Crippen LogP contribution in [0.5, 0.6) is 0 Å². The van der Waals surface area contributed by atoms with Gasteiger partial charge in [0.05, 0.1) is 6.10 Å². The summed E-state index contributed by atoms with van der Waals surface area (Å²) in [5, 5.41) is 13.2. The fraction of sp³-hybridized carbons (Fsp3) is 0.949. The van der Waals surface area contributed by atoms with Crippen LogP contribution in [-0.4, -0.2) is 60.5 Å². The standard InChI is InChI=1S/C39H67N2O6PS/c1-26(2)10-9-11-27(3)32-15-16-33-31-14-13-29-22-30(17-19-38(29,4)34(31)18-20-39(32,33)5)47-37(44)40-21-8-6-7-12-36(43)41-23-28(35(42)24-41)25-46-48(45)49/h26-35,42H,6-25H2,1-5H3,(H-,40,44,45,49)/p+1/t27?,28?,29?,30-,31?,32+,33?,34?,35?,38-,39+/m0/s1. The molecule has 5 aliphatic rings. The van der Waals surface area contributed by atoms with Crippen molar-refractivity contribution in [2.24, 2.45) is 58.2 Å². The number of carbonyl (C=O) groups excluding carboxylic acids is 2. The van der Waals surface area contributed by atoms with Crippen molar-refractivity contribution in [1.82, 2.24) is 10.2 Å². The number of amides is 2. The Morgan fingerprint density at radius 2 is 1.69 bits per heavy atom. The molecule has 0 aromatic rings. The second-order valence-electron chi connectivity index (χ2n) is 17.9. The molecule has 0 spiro atoms. The molecule has 5 rings (SSSR count). The van der Waals surface area contributed by atoms with E-state index in [-0.39, 0.29) is 37.2 Å². The van der Waals surface area contributed by atoms with Gasteiger partial charge in [-0.25, -0.2) is 4.79 Å². The fourth-order valence-electron chi connectivity index (χ4n) is 11.9. The van der Waals surface area contributed by atoms with Gasteiger partial charge in [0, 0.05) is 32.0 Å². The highest BCUT2D eigenvalue weighted by Gasteiger charge is 2.60. The van der Waals surface area contributed by atoms with Crippen LogP contribution in [0.2, 0.25) is 0 Å². The monoisotopic (exact) mass is 723 g/mol. The van der Waals surface area contributed by atoms with E-state index in [1.165, 1.54) is 64.2 Å². The average molecular weight is 724 g/mol. The van der Waals surface area contributed by atoms with Crippen LogP contribution in [0.25, 0.3) is 0 Å². The average Bonchev–Trinajstić information content (AvgIpc) is 3.60. The van der Waals surface area contributed by atoms with E-state index in [0.717, 1.165) is 67.6 Å². The Morgan fingerprint density at radius 1 is 0.939 bits per heavy atom. The summed E-state index contributed by atoms with van der Waals surface area (Å²) >= 11 is 3.73. The summed E-state index contributed by atoms with van der Waals surface area (Å²) in [6.07, 6.45) is 17.5. The van der Waals surface area contributed by atoms with Crippen LogP contribution in [0, 0.1) is 58.2 Å². The lowest BCUT2D eigenvalue weighted by atomic mass is 9.44. The molecule has 0 aromatic carbocycles. The lowest BCUT2D eigenvalue weighted by Gasteiger charge is -2.61. The molecular weight excluding hydrogens is 655 g/mol. The number of ether oxygens (including phenoxy) is 1. The molecule has 0 bridgehead atoms. The molecule has 2 amide bonds. The van der Waals surface area contributed by atoms with Crippen molar-refractivity contribution in [3.05, 3.63) is 0 Å². The van der Waals surface area contributed by atoms with Crippen molar-refractivity contribution in [2.45, 2.75) is 150 Å². The van der Waals surface area contributed by atoms with Gasteiger partial charge in [0.15, 0.2) is 0 Å². The first-order valence-electron chi connectivity index (χ1n) is 20.0. The minimum atomic E-state index is -2.02. The number of likely N-dealkylation sites (tertiary alicyclic amines) is 1. The van der Waals surface area contributed by atoms with E-state index < -0.39 is 13.3 Å². The van der Waals surface area contributed by atoms with E-state index in [9.17, 15) is 19.3 Å². The number of hydrogen-bond donors (Lipinski definition) is 3. The zero-order valence-electron chi connectivity index (χ0n) is 31.2. The Bertz CT molecular complexity index is 1140. The van der Waals surface area contributed by atoms with Gasteiger partial charge in [-0.15, -0.1) is 4.52 Å². The van der Waals surface area contributed by atoms with Crippen molar-refractivity contribution < 1.29 is 28.5 Å². The van der Waals surface area contributed by atoms with Gasteiger partial charge in [-0.05, 0) is 127 Å². The van der Waals surface area contributed by atoms with E-state index in [1.807, 2.05) is 0 Å². The van der Waals surface area contributed by atoms with Gasteiger partial charge in [0.25, 0.3) is 0 Å². The second-order valence-corrected chi connectivity index (χ2v) is 19.6. The molecule has 1 heterocycles. The quantitative estimate of drug-likeness (QED) is 0.0885. The molecule has 10 heteroatoms. The third-order valence-corrected chi connectivity index (χ3v) is 15.3. The molecule has 0 aromatic heterocycles. The van der Waals surface area contributed by atoms with Crippen LogP contribution >= 0.6 is 19.5 Å². The molecule has 2 N–H and O–H groups in total. The maximum Gasteiger partial charge on any atom is 0.582 e. The van der Waals surface area contributed by atoms with Gasteiger partial charge in [0.2, 0.25) is 5.91 Å². The first-order chi connectivity index (χ1) is 23.3. The lowest BCUT2D eigenvalue weighted by Crippen LogP contribution is -2.54. The number of thiol groups is 1. The smallest absolute Gasteiger partial charge is 0.446 e. The van der Waals surface area contributed by atoms with Crippen LogP contribution in [0.3, 0.4) is 0 Å². The third-order valence-electron chi connectivity index (χ3n) is 14.6. The van der Waals surface area contributed by atoms with Crippen molar-refractivity contribution in [1.29, 1.82) is 0 Å². The van der Waals surface area contributed by atoms with Crippen LogP contribution in [-0.2, 0) is 18.6 Å². The number of nitrogens with one attached hydrogen (secondary N) is 1. The van der Waals surface area contributed by atoms with Gasteiger partial charge in [-0.3, -0.25) is 4.79 Å². The van der Waals surface area contributed by atoms with E-state index in [2.05, 4.69) is 52.2 Å². The summed E-state index contributed by atoms with van der Waals surface area (Å²) < 4.78 is 22.1. The second kappa shape index (κ2) is 17.3. The Kier molecular flexibility index (Phi) is 13.9. The van der Waals surface area contributed by atoms with Gasteiger partial charge < -0.3 is 20.1 Å². The van der Waals surface area contributed by atoms with Gasteiger partial charge in [-0.1, -0.05) is 60.3 Å². The Hall–Kier alpha value is -0.890. The largest absolute Gasteiger partial charge is 0.582 e. The van der Waals surface area contributed by atoms with Crippen LogP contribution < -0.4 is 5.32 Å². The molecule has 49 heavy (non-hydrogen) atoms. The van der Waals surface area contributed by atoms with E-state index in [0.29, 0.717) is 36.3 Å². The number of aliphatic hydroxyl groups excluding tert-OH is 1. The first kappa shape index (κ1) is 39.3. The first-order valence-corrected chi connectivity index (χ1v) is 22.3. The van der Waals surface area contributed by atoms with Gasteiger partial charge in [-0.2, -0.15) is 0 Å². The minimum absolute atomic E-state index is 0.0133. The van der Waals surface area contributed by atoms with Crippen molar-refractivity contribution in [3.63, 3.8) is 0 Å². The highest BCUT2D eigenvalue weighted by molar-refractivity contribution is 8.39. The predicted molar refractivity (Wildman–Crippen MR) is 198 cm³/mol. The Balaban J connectivity index is 0.990. The summed E-state index contributed by atoms with van der Waals surface area (Å²) in [6.45, 7) is 13.9. The summed E-state index contributed by atoms with van der Waals surface area (Å²) in [5.74, 6) is 5.61. The summed E-state index contributed by atoms with van der Waals surface area (Å²) in [7, 11) is -2.02. The summed E-state index contributed by atoms with van der Waals surface area (Å²) in [6, 6.07) is 0. The molecule has 4 aliphatic carbocycles. The normalized spacial score (nSPS) is 38.0. The van der Waals surface area contributed by atoms with Crippen molar-refractivity contribution in [2.75, 3.05) is 26.2 Å². The number of unbranched alkanes of at least 4 members (excludes halogenated alkanes) is 2. The molecule has 0 radical (unpaired) electrons. The summed E-state index contributed by atoms with van der Waals surface area (Å²) in [4.78, 5) is 27.0. The molecule has 8 unspecified atom stereocenters. The van der Waals surface area contributed by atoms with Crippen LogP contribution in [0.1, 0.15) is 137 Å². The Labute approximate surface area is 303 Å². The highest BCUT2D eigenvalue weighted by Crippen LogP contribution is 2.68. The number of rotatable bonds is 15. The topological polar surface area (TPSA) is 105 Å².